The van der Waals surface area contributed by atoms with Crippen molar-refractivity contribution in [2.24, 2.45) is 5.84 Å². The first-order chi connectivity index (χ1) is 9.93. The van der Waals surface area contributed by atoms with Crippen molar-refractivity contribution in [2.45, 2.75) is 26.3 Å². The van der Waals surface area contributed by atoms with Gasteiger partial charge in [-0.15, -0.1) is 0 Å². The second kappa shape index (κ2) is 6.28. The van der Waals surface area contributed by atoms with E-state index >= 15 is 0 Å². The molecular weight excluding hydrogens is 277 g/mol. The Kier molecular flexibility index (Phi) is 4.65. The molecule has 2 rings (SSSR count). The van der Waals surface area contributed by atoms with E-state index in [2.05, 4.69) is 5.43 Å². The van der Waals surface area contributed by atoms with E-state index in [1.165, 1.54) is 24.3 Å². The zero-order chi connectivity index (χ0) is 15.6. The Bertz CT molecular complexity index is 656. The molecule has 0 amide bonds. The number of nitrogens with one attached hydrogen (secondary N) is 1. The van der Waals surface area contributed by atoms with Crippen LogP contribution in [0.25, 0.3) is 0 Å². The Hall–Kier alpha value is -1.85. The minimum absolute atomic E-state index is 0.124. The summed E-state index contributed by atoms with van der Waals surface area (Å²) >= 11 is 0. The number of aryl methyl sites for hydroxylation is 2. The van der Waals surface area contributed by atoms with Gasteiger partial charge in [0.15, 0.2) is 0 Å². The van der Waals surface area contributed by atoms with Crippen molar-refractivity contribution in [3.63, 3.8) is 0 Å². The molecule has 0 heterocycles. The van der Waals surface area contributed by atoms with Gasteiger partial charge in [0.1, 0.15) is 17.5 Å². The molecule has 0 aliphatic carbocycles. The Morgan fingerprint density at radius 3 is 2.38 bits per heavy atom. The summed E-state index contributed by atoms with van der Waals surface area (Å²) in [6, 6.07) is 6.13. The highest BCUT2D eigenvalue weighted by Crippen LogP contribution is 2.26. The van der Waals surface area contributed by atoms with E-state index in [1.54, 1.807) is 13.0 Å². The summed E-state index contributed by atoms with van der Waals surface area (Å²) in [7, 11) is 0. The van der Waals surface area contributed by atoms with E-state index in [0.717, 1.165) is 5.56 Å². The van der Waals surface area contributed by atoms with Crippen molar-refractivity contribution in [3.8, 4) is 0 Å². The highest BCUT2D eigenvalue weighted by molar-refractivity contribution is 5.33. The lowest BCUT2D eigenvalue weighted by Crippen LogP contribution is -2.31. The number of hydrogen-bond acceptors (Lipinski definition) is 2. The van der Waals surface area contributed by atoms with Crippen LogP contribution in [0.1, 0.15) is 28.3 Å². The molecule has 112 valence electrons. The van der Waals surface area contributed by atoms with Crippen molar-refractivity contribution in [1.82, 2.24) is 5.43 Å². The van der Waals surface area contributed by atoms with Gasteiger partial charge in [-0.3, -0.25) is 11.3 Å². The quantitative estimate of drug-likeness (QED) is 0.669. The predicted octanol–water partition coefficient (Wildman–Crippen LogP) is 3.47. The van der Waals surface area contributed by atoms with Gasteiger partial charge in [0.25, 0.3) is 0 Å². The fourth-order valence-electron chi connectivity index (χ4n) is 2.32. The van der Waals surface area contributed by atoms with Crippen LogP contribution in [0, 0.1) is 31.3 Å². The van der Waals surface area contributed by atoms with Crippen LogP contribution in [0.4, 0.5) is 13.2 Å². The van der Waals surface area contributed by atoms with Gasteiger partial charge in [0.2, 0.25) is 0 Å². The van der Waals surface area contributed by atoms with Crippen LogP contribution in [-0.2, 0) is 6.42 Å². The molecule has 0 aromatic heterocycles. The van der Waals surface area contributed by atoms with Crippen LogP contribution in [0.5, 0.6) is 0 Å². The Balaban J connectivity index is 2.41. The van der Waals surface area contributed by atoms with Gasteiger partial charge in [-0.1, -0.05) is 12.1 Å². The van der Waals surface area contributed by atoms with Crippen LogP contribution < -0.4 is 11.3 Å². The summed E-state index contributed by atoms with van der Waals surface area (Å²) in [5, 5.41) is 0. The van der Waals surface area contributed by atoms with Crippen molar-refractivity contribution in [2.75, 3.05) is 0 Å². The van der Waals surface area contributed by atoms with Crippen LogP contribution in [0.2, 0.25) is 0 Å². The lowest BCUT2D eigenvalue weighted by atomic mass is 9.94. The monoisotopic (exact) mass is 294 g/mol. The van der Waals surface area contributed by atoms with E-state index < -0.39 is 23.5 Å². The summed E-state index contributed by atoms with van der Waals surface area (Å²) < 4.78 is 41.4. The van der Waals surface area contributed by atoms with Crippen molar-refractivity contribution >= 4 is 0 Å². The number of halogens is 3. The molecule has 0 bridgehead atoms. The summed E-state index contributed by atoms with van der Waals surface area (Å²) in [5.74, 6) is 3.76. The zero-order valence-corrected chi connectivity index (χ0v) is 11.9. The molecule has 2 aromatic rings. The van der Waals surface area contributed by atoms with Crippen LogP contribution >= 0.6 is 0 Å². The Labute approximate surface area is 121 Å². The van der Waals surface area contributed by atoms with Gasteiger partial charge in [-0.05, 0) is 55.2 Å². The summed E-state index contributed by atoms with van der Waals surface area (Å²) in [6.45, 7) is 3.37. The fraction of sp³-hybridized carbons (Fsp3) is 0.250. The Morgan fingerprint density at radius 1 is 1.05 bits per heavy atom. The third kappa shape index (κ3) is 3.25. The fourth-order valence-corrected chi connectivity index (χ4v) is 2.32. The first-order valence-electron chi connectivity index (χ1n) is 6.59. The maximum atomic E-state index is 14.2. The minimum Gasteiger partial charge on any atom is -0.271 e. The third-order valence-corrected chi connectivity index (χ3v) is 3.60. The molecule has 5 heteroatoms. The smallest absolute Gasteiger partial charge is 0.133 e. The number of hydrazine groups is 1. The lowest BCUT2D eigenvalue weighted by Gasteiger charge is -2.20. The van der Waals surface area contributed by atoms with Gasteiger partial charge in [0, 0.05) is 5.56 Å². The maximum absolute atomic E-state index is 14.2. The molecule has 0 saturated heterocycles. The number of benzene rings is 2. The molecule has 2 nitrogen and oxygen atoms in total. The number of hydrogen-bond donors (Lipinski definition) is 2. The van der Waals surface area contributed by atoms with Crippen LogP contribution in [0.15, 0.2) is 30.3 Å². The van der Waals surface area contributed by atoms with Crippen molar-refractivity contribution in [3.05, 3.63) is 70.0 Å². The average Bonchev–Trinajstić information content (AvgIpc) is 2.45. The number of nitrogens with two attached hydrogens (primary N) is 1. The zero-order valence-electron chi connectivity index (χ0n) is 11.9. The van der Waals surface area contributed by atoms with Gasteiger partial charge in [0.05, 0.1) is 6.04 Å². The molecule has 0 aliphatic rings. The SMILES string of the molecule is Cc1ccc(F)cc1CC(NN)c1c(F)ccc(C)c1F. The standard InChI is InChI=1S/C16H17F3N2/c1-9-3-5-12(17)7-11(9)8-14(21-20)15-13(18)6-4-10(2)16(15)19/h3-7,14,21H,8,20H2,1-2H3. The normalized spacial score (nSPS) is 12.5. The van der Waals surface area contributed by atoms with E-state index in [1.807, 2.05) is 6.92 Å². The topological polar surface area (TPSA) is 38.0 Å². The second-order valence-corrected chi connectivity index (χ2v) is 5.09. The van der Waals surface area contributed by atoms with E-state index in [9.17, 15) is 13.2 Å². The molecule has 0 fully saturated rings. The average molecular weight is 294 g/mol. The van der Waals surface area contributed by atoms with Gasteiger partial charge in [-0.2, -0.15) is 0 Å². The minimum atomic E-state index is -0.773. The molecule has 0 aliphatic heterocycles. The molecule has 1 unspecified atom stereocenters. The molecular formula is C16H17F3N2. The first-order valence-corrected chi connectivity index (χ1v) is 6.59. The Morgan fingerprint density at radius 2 is 1.71 bits per heavy atom. The largest absolute Gasteiger partial charge is 0.271 e. The molecule has 0 saturated carbocycles. The summed E-state index contributed by atoms with van der Waals surface area (Å²) in [5.41, 5.74) is 4.12. The molecule has 0 radical (unpaired) electrons. The first kappa shape index (κ1) is 15.5. The van der Waals surface area contributed by atoms with E-state index in [4.69, 9.17) is 5.84 Å². The molecule has 21 heavy (non-hydrogen) atoms. The summed E-state index contributed by atoms with van der Waals surface area (Å²) in [6.07, 6.45) is 0.192. The second-order valence-electron chi connectivity index (χ2n) is 5.09. The van der Waals surface area contributed by atoms with Gasteiger partial charge >= 0.3 is 0 Å². The van der Waals surface area contributed by atoms with Gasteiger partial charge < -0.3 is 0 Å². The van der Waals surface area contributed by atoms with E-state index in [-0.39, 0.29) is 12.0 Å². The van der Waals surface area contributed by atoms with Gasteiger partial charge in [-0.25, -0.2) is 13.2 Å². The van der Waals surface area contributed by atoms with E-state index in [0.29, 0.717) is 11.1 Å². The molecule has 0 spiro atoms. The predicted molar refractivity (Wildman–Crippen MR) is 76.0 cm³/mol. The molecule has 1 atom stereocenters. The third-order valence-electron chi connectivity index (χ3n) is 3.60. The highest BCUT2D eigenvalue weighted by atomic mass is 19.1. The molecule has 3 N–H and O–H groups in total. The van der Waals surface area contributed by atoms with Crippen molar-refractivity contribution in [1.29, 1.82) is 0 Å². The summed E-state index contributed by atoms with van der Waals surface area (Å²) in [4.78, 5) is 0. The van der Waals surface area contributed by atoms with Crippen LogP contribution in [0.3, 0.4) is 0 Å². The van der Waals surface area contributed by atoms with Crippen LogP contribution in [-0.4, -0.2) is 0 Å². The number of rotatable bonds is 4. The highest BCUT2D eigenvalue weighted by Gasteiger charge is 2.21. The van der Waals surface area contributed by atoms with Crippen molar-refractivity contribution < 1.29 is 13.2 Å². The lowest BCUT2D eigenvalue weighted by molar-refractivity contribution is 0.469. The molecule has 2 aromatic carbocycles. The maximum Gasteiger partial charge on any atom is 0.133 e.